The monoisotopic (exact) mass is 290 g/mol. The Morgan fingerprint density at radius 3 is 2.81 bits per heavy atom. The number of likely N-dealkylation sites (N-methyl/N-ethyl adjacent to an activating group) is 1. The van der Waals surface area contributed by atoms with Gasteiger partial charge in [0.15, 0.2) is 0 Å². The standard InChI is InChI=1S/C18H30N2O/c1-4-20(17-7-5-10-19-14-17)11-6-12-21-18-9-8-15(2)16(3)13-18/h8-9,13,17,19H,4-7,10-12,14H2,1-3H3. The highest BCUT2D eigenvalue weighted by molar-refractivity contribution is 5.33. The van der Waals surface area contributed by atoms with E-state index in [0.717, 1.165) is 38.4 Å². The van der Waals surface area contributed by atoms with Crippen molar-refractivity contribution in [3.63, 3.8) is 0 Å². The van der Waals surface area contributed by atoms with Crippen LogP contribution in [0.15, 0.2) is 18.2 Å². The van der Waals surface area contributed by atoms with Crippen LogP contribution in [0.4, 0.5) is 0 Å². The molecule has 0 saturated carbocycles. The Bertz CT molecular complexity index is 427. The summed E-state index contributed by atoms with van der Waals surface area (Å²) >= 11 is 0. The van der Waals surface area contributed by atoms with Gasteiger partial charge in [0.05, 0.1) is 6.61 Å². The van der Waals surface area contributed by atoms with E-state index in [9.17, 15) is 0 Å². The molecule has 0 aliphatic carbocycles. The summed E-state index contributed by atoms with van der Waals surface area (Å²) in [7, 11) is 0. The molecule has 3 nitrogen and oxygen atoms in total. The zero-order chi connectivity index (χ0) is 15.1. The first-order valence-electron chi connectivity index (χ1n) is 8.35. The van der Waals surface area contributed by atoms with Crippen molar-refractivity contribution >= 4 is 0 Å². The number of hydrogen-bond acceptors (Lipinski definition) is 3. The van der Waals surface area contributed by atoms with Crippen molar-refractivity contribution in [3.05, 3.63) is 29.3 Å². The lowest BCUT2D eigenvalue weighted by Gasteiger charge is -2.33. The van der Waals surface area contributed by atoms with E-state index in [0.29, 0.717) is 6.04 Å². The van der Waals surface area contributed by atoms with Crippen LogP contribution in [-0.2, 0) is 0 Å². The fourth-order valence-electron chi connectivity index (χ4n) is 3.01. The minimum Gasteiger partial charge on any atom is -0.494 e. The van der Waals surface area contributed by atoms with Gasteiger partial charge >= 0.3 is 0 Å². The summed E-state index contributed by atoms with van der Waals surface area (Å²) in [6, 6.07) is 7.06. The van der Waals surface area contributed by atoms with Gasteiger partial charge in [0, 0.05) is 19.1 Å². The molecular formula is C18H30N2O. The lowest BCUT2D eigenvalue weighted by molar-refractivity contribution is 0.160. The largest absolute Gasteiger partial charge is 0.494 e. The number of hydrogen-bond donors (Lipinski definition) is 1. The van der Waals surface area contributed by atoms with Gasteiger partial charge in [-0.1, -0.05) is 13.0 Å². The zero-order valence-electron chi connectivity index (χ0n) is 13.8. The van der Waals surface area contributed by atoms with Crippen LogP contribution in [-0.4, -0.2) is 43.7 Å². The van der Waals surface area contributed by atoms with Crippen molar-refractivity contribution < 1.29 is 4.74 Å². The summed E-state index contributed by atoms with van der Waals surface area (Å²) in [6.07, 6.45) is 3.73. The van der Waals surface area contributed by atoms with Gasteiger partial charge in [0.1, 0.15) is 5.75 Å². The highest BCUT2D eigenvalue weighted by atomic mass is 16.5. The van der Waals surface area contributed by atoms with Crippen LogP contribution in [0.5, 0.6) is 5.75 Å². The van der Waals surface area contributed by atoms with Gasteiger partial charge < -0.3 is 10.1 Å². The molecule has 118 valence electrons. The van der Waals surface area contributed by atoms with Gasteiger partial charge in [0.2, 0.25) is 0 Å². The molecule has 0 amide bonds. The lowest BCUT2D eigenvalue weighted by Crippen LogP contribution is -2.46. The van der Waals surface area contributed by atoms with Crippen LogP contribution in [0, 0.1) is 13.8 Å². The van der Waals surface area contributed by atoms with Gasteiger partial charge in [-0.05, 0) is 69.5 Å². The molecule has 1 unspecified atom stereocenters. The average Bonchev–Trinajstić information content (AvgIpc) is 2.52. The highest BCUT2D eigenvalue weighted by Gasteiger charge is 2.18. The number of rotatable bonds is 7. The summed E-state index contributed by atoms with van der Waals surface area (Å²) in [5.41, 5.74) is 2.63. The van der Waals surface area contributed by atoms with Gasteiger partial charge in [-0.15, -0.1) is 0 Å². The van der Waals surface area contributed by atoms with Gasteiger partial charge in [-0.3, -0.25) is 4.90 Å². The Morgan fingerprint density at radius 2 is 2.14 bits per heavy atom. The summed E-state index contributed by atoms with van der Waals surface area (Å²) in [4.78, 5) is 2.59. The molecule has 0 aromatic heterocycles. The Labute approximate surface area is 129 Å². The minimum absolute atomic E-state index is 0.713. The van der Waals surface area contributed by atoms with Gasteiger partial charge in [0.25, 0.3) is 0 Å². The van der Waals surface area contributed by atoms with Crippen LogP contribution < -0.4 is 10.1 Å². The van der Waals surface area contributed by atoms with Crippen molar-refractivity contribution in [1.82, 2.24) is 10.2 Å². The molecule has 1 aromatic rings. The smallest absolute Gasteiger partial charge is 0.119 e. The third-order valence-electron chi connectivity index (χ3n) is 4.53. The van der Waals surface area contributed by atoms with Crippen LogP contribution >= 0.6 is 0 Å². The first-order valence-corrected chi connectivity index (χ1v) is 8.35. The Kier molecular flexibility index (Phi) is 6.52. The van der Waals surface area contributed by atoms with Gasteiger partial charge in [-0.25, -0.2) is 0 Å². The topological polar surface area (TPSA) is 24.5 Å². The Hall–Kier alpha value is -1.06. The van der Waals surface area contributed by atoms with Crippen LogP contribution in [0.2, 0.25) is 0 Å². The Balaban J connectivity index is 1.71. The maximum Gasteiger partial charge on any atom is 0.119 e. The van der Waals surface area contributed by atoms with Gasteiger partial charge in [-0.2, -0.15) is 0 Å². The molecule has 0 bridgehead atoms. The van der Waals surface area contributed by atoms with Crippen molar-refractivity contribution in [2.45, 2.75) is 46.1 Å². The van der Waals surface area contributed by atoms with E-state index in [2.05, 4.69) is 49.2 Å². The number of ether oxygens (including phenoxy) is 1. The molecule has 1 aromatic carbocycles. The molecule has 1 N–H and O–H groups in total. The summed E-state index contributed by atoms with van der Waals surface area (Å²) in [5.74, 6) is 1.00. The fourth-order valence-corrected chi connectivity index (χ4v) is 3.01. The number of nitrogens with one attached hydrogen (secondary N) is 1. The molecule has 1 heterocycles. The number of nitrogens with zero attached hydrogens (tertiary/aromatic N) is 1. The Morgan fingerprint density at radius 1 is 1.29 bits per heavy atom. The maximum atomic E-state index is 5.88. The average molecular weight is 290 g/mol. The van der Waals surface area contributed by atoms with E-state index >= 15 is 0 Å². The highest BCUT2D eigenvalue weighted by Crippen LogP contribution is 2.17. The SMILES string of the molecule is CCN(CCCOc1ccc(C)c(C)c1)C1CCCNC1. The maximum absolute atomic E-state index is 5.88. The van der Waals surface area contributed by atoms with E-state index in [1.54, 1.807) is 0 Å². The summed E-state index contributed by atoms with van der Waals surface area (Å²) in [6.45, 7) is 11.9. The van der Waals surface area contributed by atoms with Crippen LogP contribution in [0.1, 0.15) is 37.3 Å². The minimum atomic E-state index is 0.713. The summed E-state index contributed by atoms with van der Waals surface area (Å²) < 4.78 is 5.88. The zero-order valence-corrected chi connectivity index (χ0v) is 13.8. The molecule has 21 heavy (non-hydrogen) atoms. The van der Waals surface area contributed by atoms with E-state index in [1.807, 2.05) is 0 Å². The summed E-state index contributed by atoms with van der Waals surface area (Å²) in [5, 5.41) is 3.50. The second-order valence-corrected chi connectivity index (χ2v) is 6.08. The van der Waals surface area contributed by atoms with Crippen molar-refractivity contribution in [2.24, 2.45) is 0 Å². The molecule has 0 spiro atoms. The molecule has 1 aliphatic rings. The number of aryl methyl sites for hydroxylation is 2. The van der Waals surface area contributed by atoms with E-state index < -0.39 is 0 Å². The molecular weight excluding hydrogens is 260 g/mol. The third-order valence-corrected chi connectivity index (χ3v) is 4.53. The van der Waals surface area contributed by atoms with Crippen LogP contribution in [0.3, 0.4) is 0 Å². The van der Waals surface area contributed by atoms with Crippen LogP contribution in [0.25, 0.3) is 0 Å². The fraction of sp³-hybridized carbons (Fsp3) is 0.667. The molecule has 1 saturated heterocycles. The molecule has 3 heteroatoms. The van der Waals surface area contributed by atoms with Crippen molar-refractivity contribution in [1.29, 1.82) is 0 Å². The first-order chi connectivity index (χ1) is 10.2. The number of benzene rings is 1. The normalized spacial score (nSPS) is 19.0. The molecule has 1 atom stereocenters. The second-order valence-electron chi connectivity index (χ2n) is 6.08. The predicted octanol–water partition coefficient (Wildman–Crippen LogP) is 3.15. The van der Waals surface area contributed by atoms with Crippen molar-refractivity contribution in [3.8, 4) is 5.75 Å². The molecule has 1 aliphatic heterocycles. The number of piperidine rings is 1. The van der Waals surface area contributed by atoms with E-state index in [4.69, 9.17) is 4.74 Å². The lowest BCUT2D eigenvalue weighted by atomic mass is 10.1. The van der Waals surface area contributed by atoms with E-state index in [-0.39, 0.29) is 0 Å². The predicted molar refractivity (Wildman–Crippen MR) is 89.2 cm³/mol. The molecule has 0 radical (unpaired) electrons. The van der Waals surface area contributed by atoms with Crippen molar-refractivity contribution in [2.75, 3.05) is 32.8 Å². The molecule has 2 rings (SSSR count). The van der Waals surface area contributed by atoms with E-state index in [1.165, 1.54) is 30.5 Å². The molecule has 1 fully saturated rings. The second kappa shape index (κ2) is 8.40. The third kappa shape index (κ3) is 5.01. The first kappa shape index (κ1) is 16.3. The quantitative estimate of drug-likeness (QED) is 0.781.